The Morgan fingerprint density at radius 2 is 2.13 bits per heavy atom. The van der Waals surface area contributed by atoms with E-state index in [0.717, 1.165) is 12.0 Å². The molecule has 1 heterocycles. The molecule has 82 valence electrons. The summed E-state index contributed by atoms with van der Waals surface area (Å²) in [7, 11) is 0. The van der Waals surface area contributed by atoms with Crippen LogP contribution in [-0.2, 0) is 6.42 Å². The third-order valence-corrected chi connectivity index (χ3v) is 2.43. The second-order valence-electron chi connectivity index (χ2n) is 4.48. The van der Waals surface area contributed by atoms with Crippen LogP contribution in [-0.4, -0.2) is 12.3 Å². The van der Waals surface area contributed by atoms with E-state index in [1.54, 1.807) is 0 Å². The van der Waals surface area contributed by atoms with Gasteiger partial charge in [0.05, 0.1) is 5.02 Å². The highest BCUT2D eigenvalue weighted by molar-refractivity contribution is 6.32. The molecule has 0 saturated heterocycles. The quantitative estimate of drug-likeness (QED) is 0.844. The van der Waals surface area contributed by atoms with E-state index in [0.29, 0.717) is 16.5 Å². The standard InChI is InChI=1S/C11H14ClNO2/c1-11(2,13)5-7-3-8(12)10-9(4-7)14-6-15-10/h3-4H,5-6,13H2,1-2H3. The molecule has 1 aromatic carbocycles. The molecule has 15 heavy (non-hydrogen) atoms. The molecule has 3 nitrogen and oxygen atoms in total. The van der Waals surface area contributed by atoms with Crippen molar-refractivity contribution in [2.45, 2.75) is 25.8 Å². The molecule has 0 spiro atoms. The summed E-state index contributed by atoms with van der Waals surface area (Å²) in [5, 5.41) is 0.587. The van der Waals surface area contributed by atoms with Gasteiger partial charge in [0.15, 0.2) is 11.5 Å². The fraction of sp³-hybridized carbons (Fsp3) is 0.455. The van der Waals surface area contributed by atoms with E-state index >= 15 is 0 Å². The third kappa shape index (κ3) is 2.36. The molecule has 0 bridgehead atoms. The maximum Gasteiger partial charge on any atom is 0.231 e. The topological polar surface area (TPSA) is 44.5 Å². The van der Waals surface area contributed by atoms with E-state index in [9.17, 15) is 0 Å². The van der Waals surface area contributed by atoms with Gasteiger partial charge in [-0.2, -0.15) is 0 Å². The van der Waals surface area contributed by atoms with Gasteiger partial charge in [0, 0.05) is 5.54 Å². The molecule has 1 aliphatic heterocycles. The molecule has 0 fully saturated rings. The monoisotopic (exact) mass is 227 g/mol. The van der Waals surface area contributed by atoms with Gasteiger partial charge in [0.1, 0.15) is 0 Å². The van der Waals surface area contributed by atoms with Crippen LogP contribution in [0.15, 0.2) is 12.1 Å². The Morgan fingerprint density at radius 3 is 2.80 bits per heavy atom. The lowest BCUT2D eigenvalue weighted by atomic mass is 9.96. The third-order valence-electron chi connectivity index (χ3n) is 2.15. The van der Waals surface area contributed by atoms with Crippen molar-refractivity contribution in [1.82, 2.24) is 0 Å². The summed E-state index contributed by atoms with van der Waals surface area (Å²) in [5.74, 6) is 1.34. The summed E-state index contributed by atoms with van der Waals surface area (Å²) in [6.45, 7) is 4.20. The number of halogens is 1. The van der Waals surface area contributed by atoms with Gasteiger partial charge in [-0.15, -0.1) is 0 Å². The van der Waals surface area contributed by atoms with Gasteiger partial charge < -0.3 is 15.2 Å². The molecule has 0 aromatic heterocycles. The van der Waals surface area contributed by atoms with Gasteiger partial charge >= 0.3 is 0 Å². The summed E-state index contributed by atoms with van der Waals surface area (Å²) < 4.78 is 10.5. The van der Waals surface area contributed by atoms with E-state index in [2.05, 4.69) is 0 Å². The molecule has 0 amide bonds. The molecule has 0 atom stereocenters. The highest BCUT2D eigenvalue weighted by Crippen LogP contribution is 2.40. The maximum atomic E-state index is 6.06. The highest BCUT2D eigenvalue weighted by Gasteiger charge is 2.20. The molecule has 4 heteroatoms. The zero-order valence-electron chi connectivity index (χ0n) is 8.84. The second kappa shape index (κ2) is 3.58. The summed E-state index contributed by atoms with van der Waals surface area (Å²) in [6, 6.07) is 3.81. The summed E-state index contributed by atoms with van der Waals surface area (Å²) in [4.78, 5) is 0. The Labute approximate surface area is 94.1 Å². The summed E-state index contributed by atoms with van der Waals surface area (Å²) in [6.07, 6.45) is 0.753. The number of fused-ring (bicyclic) bond motifs is 1. The second-order valence-corrected chi connectivity index (χ2v) is 4.88. The number of nitrogens with two attached hydrogens (primary N) is 1. The predicted octanol–water partition coefficient (Wildman–Crippen LogP) is 2.35. The Bertz CT molecular complexity index is 385. The SMILES string of the molecule is CC(C)(N)Cc1cc(Cl)c2c(c1)OCO2. The van der Waals surface area contributed by atoms with Crippen LogP contribution in [0.25, 0.3) is 0 Å². The fourth-order valence-corrected chi connectivity index (χ4v) is 1.94. The lowest BCUT2D eigenvalue weighted by Crippen LogP contribution is -2.34. The number of hydrogen-bond acceptors (Lipinski definition) is 3. The van der Waals surface area contributed by atoms with Crippen molar-refractivity contribution in [2.24, 2.45) is 5.73 Å². The Hall–Kier alpha value is -0.930. The lowest BCUT2D eigenvalue weighted by Gasteiger charge is -2.18. The number of ether oxygens (including phenoxy) is 2. The first-order valence-electron chi connectivity index (χ1n) is 4.83. The summed E-state index contributed by atoms with van der Waals surface area (Å²) >= 11 is 6.06. The molecule has 0 aliphatic carbocycles. The average Bonchev–Trinajstić information content (AvgIpc) is 2.48. The van der Waals surface area contributed by atoms with Gasteiger partial charge in [-0.1, -0.05) is 11.6 Å². The van der Waals surface area contributed by atoms with E-state index in [1.807, 2.05) is 26.0 Å². The molecular weight excluding hydrogens is 214 g/mol. The van der Waals surface area contributed by atoms with Crippen molar-refractivity contribution in [3.8, 4) is 11.5 Å². The number of rotatable bonds is 2. The molecule has 0 unspecified atom stereocenters. The minimum atomic E-state index is -0.253. The smallest absolute Gasteiger partial charge is 0.231 e. The van der Waals surface area contributed by atoms with E-state index in [4.69, 9.17) is 26.8 Å². The zero-order valence-corrected chi connectivity index (χ0v) is 9.60. The van der Waals surface area contributed by atoms with Crippen LogP contribution in [0.4, 0.5) is 0 Å². The molecular formula is C11H14ClNO2. The molecule has 0 radical (unpaired) electrons. The Morgan fingerprint density at radius 1 is 1.40 bits per heavy atom. The van der Waals surface area contributed by atoms with E-state index in [-0.39, 0.29) is 12.3 Å². The summed E-state index contributed by atoms with van der Waals surface area (Å²) in [5.41, 5.74) is 6.76. The Balaban J connectivity index is 2.32. The van der Waals surface area contributed by atoms with Crippen LogP contribution in [0, 0.1) is 0 Å². The van der Waals surface area contributed by atoms with Crippen LogP contribution in [0.1, 0.15) is 19.4 Å². The van der Waals surface area contributed by atoms with Crippen molar-refractivity contribution < 1.29 is 9.47 Å². The maximum absolute atomic E-state index is 6.06. The molecule has 2 rings (SSSR count). The molecule has 1 aromatic rings. The van der Waals surface area contributed by atoms with E-state index < -0.39 is 0 Å². The number of hydrogen-bond donors (Lipinski definition) is 1. The normalized spacial score (nSPS) is 14.4. The van der Waals surface area contributed by atoms with Gasteiger partial charge in [-0.05, 0) is 38.0 Å². The first-order valence-corrected chi connectivity index (χ1v) is 5.20. The molecule has 2 N–H and O–H groups in total. The van der Waals surface area contributed by atoms with Crippen LogP contribution >= 0.6 is 11.6 Å². The minimum Gasteiger partial charge on any atom is -0.454 e. The predicted molar refractivity (Wildman–Crippen MR) is 59.5 cm³/mol. The van der Waals surface area contributed by atoms with Crippen LogP contribution in [0.5, 0.6) is 11.5 Å². The first kappa shape index (κ1) is 10.6. The van der Waals surface area contributed by atoms with E-state index in [1.165, 1.54) is 0 Å². The highest BCUT2D eigenvalue weighted by atomic mass is 35.5. The lowest BCUT2D eigenvalue weighted by molar-refractivity contribution is 0.174. The number of benzene rings is 1. The Kier molecular flexibility index (Phi) is 2.52. The van der Waals surface area contributed by atoms with Crippen LogP contribution < -0.4 is 15.2 Å². The molecule has 0 saturated carbocycles. The fourth-order valence-electron chi connectivity index (χ4n) is 1.65. The molecule has 1 aliphatic rings. The average molecular weight is 228 g/mol. The van der Waals surface area contributed by atoms with Crippen molar-refractivity contribution in [3.05, 3.63) is 22.7 Å². The van der Waals surface area contributed by atoms with Crippen molar-refractivity contribution in [1.29, 1.82) is 0 Å². The minimum absolute atomic E-state index is 0.241. The van der Waals surface area contributed by atoms with Gasteiger partial charge in [0.2, 0.25) is 6.79 Å². The zero-order chi connectivity index (χ0) is 11.1. The van der Waals surface area contributed by atoms with Gasteiger partial charge in [0.25, 0.3) is 0 Å². The van der Waals surface area contributed by atoms with Gasteiger partial charge in [-0.3, -0.25) is 0 Å². The van der Waals surface area contributed by atoms with Crippen molar-refractivity contribution in [3.63, 3.8) is 0 Å². The first-order chi connectivity index (χ1) is 6.96. The van der Waals surface area contributed by atoms with Crippen molar-refractivity contribution in [2.75, 3.05) is 6.79 Å². The van der Waals surface area contributed by atoms with Gasteiger partial charge in [-0.25, -0.2) is 0 Å². The van der Waals surface area contributed by atoms with Crippen LogP contribution in [0.2, 0.25) is 5.02 Å². The largest absolute Gasteiger partial charge is 0.454 e. The van der Waals surface area contributed by atoms with Crippen molar-refractivity contribution >= 4 is 11.6 Å². The van der Waals surface area contributed by atoms with Crippen LogP contribution in [0.3, 0.4) is 0 Å².